The van der Waals surface area contributed by atoms with Crippen LogP contribution in [0, 0.1) is 0 Å². The van der Waals surface area contributed by atoms with Gasteiger partial charge in [0.25, 0.3) is 0 Å². The van der Waals surface area contributed by atoms with E-state index in [1.807, 2.05) is 6.07 Å². The number of aliphatic hydroxyl groups is 1. The molecule has 2 N–H and O–H groups in total. The molecule has 1 fully saturated rings. The van der Waals surface area contributed by atoms with Gasteiger partial charge >= 0.3 is 24.4 Å². The monoisotopic (exact) mass is 641 g/mol. The number of carbonyl (C=O) groups is 2. The van der Waals surface area contributed by atoms with Gasteiger partial charge in [-0.15, -0.1) is 0 Å². The average Bonchev–Trinajstić information content (AvgIpc) is 2.99. The summed E-state index contributed by atoms with van der Waals surface area (Å²) in [5.74, 6) is -0.622. The minimum Gasteiger partial charge on any atom is -0.478 e. The van der Waals surface area contributed by atoms with Gasteiger partial charge in [0.1, 0.15) is 12.4 Å². The molecule has 1 aliphatic heterocycles. The van der Waals surface area contributed by atoms with E-state index in [0.29, 0.717) is 30.0 Å². The predicted octanol–water partition coefficient (Wildman–Crippen LogP) is 7.66. The van der Waals surface area contributed by atoms with E-state index in [2.05, 4.69) is 0 Å². The molecule has 244 valence electrons. The maximum Gasteiger partial charge on any atom is 0.416 e. The lowest BCUT2D eigenvalue weighted by Crippen LogP contribution is -2.39. The van der Waals surface area contributed by atoms with Gasteiger partial charge in [-0.3, -0.25) is 0 Å². The Balaban J connectivity index is 0.000000385. The van der Waals surface area contributed by atoms with Crippen molar-refractivity contribution in [2.75, 3.05) is 13.1 Å². The van der Waals surface area contributed by atoms with E-state index < -0.39 is 41.1 Å². The Morgan fingerprint density at radius 2 is 1.42 bits per heavy atom. The van der Waals surface area contributed by atoms with Gasteiger partial charge in [0.05, 0.1) is 17.7 Å². The van der Waals surface area contributed by atoms with Gasteiger partial charge in [-0.25, -0.2) is 9.59 Å². The zero-order valence-electron chi connectivity index (χ0n) is 24.5. The maximum atomic E-state index is 12.7. The molecule has 0 unspecified atom stereocenters. The van der Waals surface area contributed by atoms with Gasteiger partial charge in [0.15, 0.2) is 5.60 Å². The number of likely N-dealkylation sites (tertiary alicyclic amines) is 1. The zero-order valence-corrected chi connectivity index (χ0v) is 24.5. The lowest BCUT2D eigenvalue weighted by molar-refractivity contribution is -0.152. The highest BCUT2D eigenvalue weighted by Gasteiger charge is 2.32. The molecule has 0 bridgehead atoms. The van der Waals surface area contributed by atoms with Crippen LogP contribution in [0.2, 0.25) is 0 Å². The van der Waals surface area contributed by atoms with Crippen molar-refractivity contribution in [1.82, 2.24) is 4.90 Å². The number of piperidine rings is 1. The van der Waals surface area contributed by atoms with E-state index >= 15 is 0 Å². The Hall–Kier alpha value is -4.26. The number of hydrogen-bond donors (Lipinski definition) is 2. The fraction of sp³-hybridized carbons (Fsp3) is 0.375. The van der Waals surface area contributed by atoms with E-state index in [4.69, 9.17) is 14.6 Å². The SMILES string of the molecule is CC(C)(Oc1cccc([C@@H]2CCCN(C(=O)OCc3ccc(C(F)(F)F)cc3)C2)c1)C(=O)O.OCc1ccc(C(F)(F)F)cc1. The van der Waals surface area contributed by atoms with E-state index in [1.54, 1.807) is 23.1 Å². The summed E-state index contributed by atoms with van der Waals surface area (Å²) >= 11 is 0. The number of nitrogens with zero attached hydrogens (tertiary/aromatic N) is 1. The average molecular weight is 642 g/mol. The van der Waals surface area contributed by atoms with Crippen molar-refractivity contribution in [3.63, 3.8) is 0 Å². The van der Waals surface area contributed by atoms with Crippen LogP contribution in [0.25, 0.3) is 0 Å². The molecule has 1 saturated heterocycles. The topological polar surface area (TPSA) is 96.3 Å². The lowest BCUT2D eigenvalue weighted by Gasteiger charge is -2.32. The molecule has 1 atom stereocenters. The molecule has 4 rings (SSSR count). The first-order valence-electron chi connectivity index (χ1n) is 13.9. The molecule has 0 saturated carbocycles. The minimum atomic E-state index is -4.41. The Morgan fingerprint density at radius 3 is 1.93 bits per heavy atom. The Morgan fingerprint density at radius 1 is 0.867 bits per heavy atom. The van der Waals surface area contributed by atoms with Crippen LogP contribution in [0.5, 0.6) is 5.75 Å². The number of rotatable bonds is 7. The third-order valence-electron chi connectivity index (χ3n) is 7.00. The highest BCUT2D eigenvalue weighted by atomic mass is 19.4. The van der Waals surface area contributed by atoms with Crippen molar-refractivity contribution >= 4 is 12.1 Å². The highest BCUT2D eigenvalue weighted by Crippen LogP contribution is 2.32. The highest BCUT2D eigenvalue weighted by molar-refractivity contribution is 5.76. The summed E-state index contributed by atoms with van der Waals surface area (Å²) in [6.45, 7) is 3.51. The number of alkyl halides is 6. The summed E-state index contributed by atoms with van der Waals surface area (Å²) < 4.78 is 84.8. The number of halogens is 6. The minimum absolute atomic E-state index is 0.0221. The first kappa shape index (κ1) is 35.2. The van der Waals surface area contributed by atoms with Crippen LogP contribution >= 0.6 is 0 Å². The van der Waals surface area contributed by atoms with E-state index in [1.165, 1.54) is 38.1 Å². The summed E-state index contributed by atoms with van der Waals surface area (Å²) in [6, 6.07) is 16.1. The molecule has 0 radical (unpaired) electrons. The van der Waals surface area contributed by atoms with Crippen molar-refractivity contribution in [3.05, 3.63) is 101 Å². The number of amides is 1. The zero-order chi connectivity index (χ0) is 33.4. The van der Waals surface area contributed by atoms with E-state index in [-0.39, 0.29) is 19.1 Å². The molecule has 7 nitrogen and oxygen atoms in total. The second-order valence-electron chi connectivity index (χ2n) is 10.9. The molecule has 1 heterocycles. The number of aliphatic carboxylic acids is 1. The van der Waals surface area contributed by atoms with Gasteiger partial charge < -0.3 is 24.6 Å². The molecule has 45 heavy (non-hydrogen) atoms. The van der Waals surface area contributed by atoms with Gasteiger partial charge in [-0.05, 0) is 79.8 Å². The fourth-order valence-corrected chi connectivity index (χ4v) is 4.41. The number of carboxylic acid groups (broad SMARTS) is 1. The van der Waals surface area contributed by atoms with Crippen molar-refractivity contribution in [3.8, 4) is 5.75 Å². The summed E-state index contributed by atoms with van der Waals surface area (Å²) in [4.78, 5) is 25.4. The number of hydrogen-bond acceptors (Lipinski definition) is 5. The third kappa shape index (κ3) is 10.4. The first-order valence-corrected chi connectivity index (χ1v) is 13.9. The Bertz CT molecular complexity index is 1420. The van der Waals surface area contributed by atoms with Gasteiger partial charge in [0, 0.05) is 19.0 Å². The van der Waals surface area contributed by atoms with Crippen molar-refractivity contribution in [2.45, 2.75) is 63.8 Å². The molecule has 0 aliphatic carbocycles. The molecule has 0 spiro atoms. The smallest absolute Gasteiger partial charge is 0.416 e. The maximum absolute atomic E-state index is 12.7. The van der Waals surface area contributed by atoms with Crippen molar-refractivity contribution < 1.29 is 55.6 Å². The van der Waals surface area contributed by atoms with E-state index in [0.717, 1.165) is 42.7 Å². The van der Waals surface area contributed by atoms with Crippen LogP contribution in [0.3, 0.4) is 0 Å². The molecule has 1 aliphatic rings. The fourth-order valence-electron chi connectivity index (χ4n) is 4.41. The molecule has 13 heteroatoms. The second-order valence-corrected chi connectivity index (χ2v) is 10.9. The normalized spacial score (nSPS) is 15.5. The van der Waals surface area contributed by atoms with Crippen LogP contribution in [0.15, 0.2) is 72.8 Å². The van der Waals surface area contributed by atoms with Crippen LogP contribution in [-0.4, -0.2) is 45.9 Å². The standard InChI is InChI=1S/C24H26F3NO5.C8H7F3O/c1-23(2,21(29)30)33-20-7-3-5-17(13-20)18-6-4-12-28(14-18)22(31)32-15-16-8-10-19(11-9-16)24(25,26)27;9-8(10,11)7-3-1-6(5-12)2-4-7/h3,5,7-11,13,18H,4,6,12,14-15H2,1-2H3,(H,29,30);1-4,12H,5H2/t18-;/m1./s1. The summed E-state index contributed by atoms with van der Waals surface area (Å²) in [6.07, 6.45) is -7.64. The molecule has 0 aromatic heterocycles. The van der Waals surface area contributed by atoms with E-state index in [9.17, 15) is 41.0 Å². The van der Waals surface area contributed by atoms with Crippen LogP contribution < -0.4 is 4.74 Å². The summed E-state index contributed by atoms with van der Waals surface area (Å²) in [5, 5.41) is 17.8. The third-order valence-corrected chi connectivity index (χ3v) is 7.00. The molecular formula is C32H33F6NO6. The number of carbonyl (C=O) groups excluding carboxylic acids is 1. The Labute approximate surface area is 256 Å². The van der Waals surface area contributed by atoms with Crippen LogP contribution in [-0.2, 0) is 35.1 Å². The van der Waals surface area contributed by atoms with Gasteiger partial charge in [-0.1, -0.05) is 36.4 Å². The number of carboxylic acids is 1. The number of benzene rings is 3. The van der Waals surface area contributed by atoms with Crippen molar-refractivity contribution in [1.29, 1.82) is 0 Å². The summed E-state index contributed by atoms with van der Waals surface area (Å²) in [5.41, 5.74) is -0.957. The summed E-state index contributed by atoms with van der Waals surface area (Å²) in [7, 11) is 0. The molecule has 1 amide bonds. The quantitative estimate of drug-likeness (QED) is 0.257. The number of ether oxygens (including phenoxy) is 2. The largest absolute Gasteiger partial charge is 0.478 e. The molecule has 3 aromatic carbocycles. The van der Waals surface area contributed by atoms with Gasteiger partial charge in [0.2, 0.25) is 0 Å². The molecule has 3 aromatic rings. The number of aliphatic hydroxyl groups excluding tert-OH is 1. The molecular weight excluding hydrogens is 608 g/mol. The lowest BCUT2D eigenvalue weighted by atomic mass is 9.90. The van der Waals surface area contributed by atoms with Crippen LogP contribution in [0.1, 0.15) is 60.4 Å². The predicted molar refractivity (Wildman–Crippen MR) is 151 cm³/mol. The van der Waals surface area contributed by atoms with Crippen molar-refractivity contribution in [2.24, 2.45) is 0 Å². The first-order chi connectivity index (χ1) is 21.0. The van der Waals surface area contributed by atoms with Crippen LogP contribution in [0.4, 0.5) is 31.1 Å². The Kier molecular flexibility index (Phi) is 11.5. The van der Waals surface area contributed by atoms with Gasteiger partial charge in [-0.2, -0.15) is 26.3 Å². The second kappa shape index (κ2) is 14.7.